The maximum atomic E-state index is 11.6. The van der Waals surface area contributed by atoms with E-state index in [1.165, 1.54) is 0 Å². The molecule has 0 aromatic rings. The number of hydrogen-bond acceptors (Lipinski definition) is 3. The lowest BCUT2D eigenvalue weighted by molar-refractivity contribution is -0.125. The van der Waals surface area contributed by atoms with Gasteiger partial charge in [0.1, 0.15) is 0 Å². The summed E-state index contributed by atoms with van der Waals surface area (Å²) >= 11 is 1.83. The van der Waals surface area contributed by atoms with Crippen LogP contribution in [0.25, 0.3) is 0 Å². The Balaban J connectivity index is 0.00000196. The first-order chi connectivity index (χ1) is 6.84. The van der Waals surface area contributed by atoms with E-state index in [9.17, 15) is 4.79 Å². The Kier molecular flexibility index (Phi) is 9.35. The van der Waals surface area contributed by atoms with E-state index in [0.717, 1.165) is 44.6 Å². The molecule has 0 saturated carbocycles. The minimum Gasteiger partial charge on any atom is -0.356 e. The van der Waals surface area contributed by atoms with E-state index in [1.54, 1.807) is 0 Å². The Morgan fingerprint density at radius 3 is 3.00 bits per heavy atom. The third-order valence-corrected chi connectivity index (χ3v) is 3.19. The van der Waals surface area contributed by atoms with Crippen molar-refractivity contribution in [2.24, 2.45) is 5.92 Å². The normalized spacial score (nSPS) is 20.5. The minimum atomic E-state index is 0. The highest BCUT2D eigenvalue weighted by molar-refractivity contribution is 7.98. The molecule has 0 aromatic heterocycles. The molecule has 1 saturated heterocycles. The molecular weight excluding hydrogens is 232 g/mol. The van der Waals surface area contributed by atoms with E-state index in [4.69, 9.17) is 0 Å². The second-order valence-electron chi connectivity index (χ2n) is 3.68. The van der Waals surface area contributed by atoms with Gasteiger partial charge in [0.15, 0.2) is 0 Å². The molecule has 3 nitrogen and oxygen atoms in total. The van der Waals surface area contributed by atoms with Crippen LogP contribution in [0.3, 0.4) is 0 Å². The summed E-state index contributed by atoms with van der Waals surface area (Å²) in [5, 5.41) is 6.25. The SMILES string of the molecule is CSCCCNC(=O)C1CCCNC1.Cl. The molecule has 1 heterocycles. The second kappa shape index (κ2) is 9.31. The third kappa shape index (κ3) is 6.28. The van der Waals surface area contributed by atoms with Gasteiger partial charge in [-0.05, 0) is 37.8 Å². The smallest absolute Gasteiger partial charge is 0.224 e. The number of hydrogen-bond donors (Lipinski definition) is 2. The van der Waals surface area contributed by atoms with Gasteiger partial charge in [0.2, 0.25) is 5.91 Å². The van der Waals surface area contributed by atoms with E-state index in [-0.39, 0.29) is 24.2 Å². The van der Waals surface area contributed by atoms with Crippen molar-refractivity contribution in [3.8, 4) is 0 Å². The first-order valence-electron chi connectivity index (χ1n) is 5.32. The van der Waals surface area contributed by atoms with Crippen LogP contribution in [0.5, 0.6) is 0 Å². The van der Waals surface area contributed by atoms with Crippen LogP contribution in [0.15, 0.2) is 0 Å². The Labute approximate surface area is 103 Å². The molecule has 15 heavy (non-hydrogen) atoms. The summed E-state index contributed by atoms with van der Waals surface area (Å²) in [5.41, 5.74) is 0. The van der Waals surface area contributed by atoms with Crippen molar-refractivity contribution in [3.63, 3.8) is 0 Å². The van der Waals surface area contributed by atoms with E-state index >= 15 is 0 Å². The molecule has 0 bridgehead atoms. The van der Waals surface area contributed by atoms with Crippen LogP contribution in [0.2, 0.25) is 0 Å². The third-order valence-electron chi connectivity index (χ3n) is 2.49. The quantitative estimate of drug-likeness (QED) is 0.725. The highest BCUT2D eigenvalue weighted by Gasteiger charge is 2.19. The van der Waals surface area contributed by atoms with E-state index < -0.39 is 0 Å². The van der Waals surface area contributed by atoms with Crippen LogP contribution in [-0.2, 0) is 4.79 Å². The number of piperidine rings is 1. The van der Waals surface area contributed by atoms with Gasteiger partial charge < -0.3 is 10.6 Å². The Bertz CT molecular complexity index is 175. The van der Waals surface area contributed by atoms with Crippen molar-refractivity contribution in [2.45, 2.75) is 19.3 Å². The first-order valence-corrected chi connectivity index (χ1v) is 6.71. The standard InChI is InChI=1S/C10H20N2OS.ClH/c1-14-7-3-6-12-10(13)9-4-2-5-11-8-9;/h9,11H,2-8H2,1H3,(H,12,13);1H. The van der Waals surface area contributed by atoms with Crippen LogP contribution in [0, 0.1) is 5.92 Å². The summed E-state index contributed by atoms with van der Waals surface area (Å²) < 4.78 is 0. The molecule has 1 unspecified atom stereocenters. The summed E-state index contributed by atoms with van der Waals surface area (Å²) in [6.45, 7) is 2.75. The molecule has 0 spiro atoms. The maximum absolute atomic E-state index is 11.6. The number of thioether (sulfide) groups is 1. The Hall–Kier alpha value is 0.0700. The van der Waals surface area contributed by atoms with E-state index in [2.05, 4.69) is 16.9 Å². The second-order valence-corrected chi connectivity index (χ2v) is 4.67. The fourth-order valence-electron chi connectivity index (χ4n) is 1.65. The zero-order chi connectivity index (χ0) is 10.2. The highest BCUT2D eigenvalue weighted by atomic mass is 35.5. The van der Waals surface area contributed by atoms with Crippen molar-refractivity contribution in [2.75, 3.05) is 31.6 Å². The van der Waals surface area contributed by atoms with Crippen LogP contribution in [0.1, 0.15) is 19.3 Å². The fraction of sp³-hybridized carbons (Fsp3) is 0.900. The van der Waals surface area contributed by atoms with Crippen LogP contribution < -0.4 is 10.6 Å². The molecule has 1 aliphatic heterocycles. The molecule has 1 amide bonds. The van der Waals surface area contributed by atoms with Gasteiger partial charge >= 0.3 is 0 Å². The zero-order valence-electron chi connectivity index (χ0n) is 9.25. The monoisotopic (exact) mass is 252 g/mol. The topological polar surface area (TPSA) is 41.1 Å². The summed E-state index contributed by atoms with van der Waals surface area (Å²) in [6.07, 6.45) is 5.34. The molecule has 1 rings (SSSR count). The number of halogens is 1. The average molecular weight is 253 g/mol. The molecule has 2 N–H and O–H groups in total. The van der Waals surface area contributed by atoms with Crippen molar-refractivity contribution in [1.82, 2.24) is 10.6 Å². The van der Waals surface area contributed by atoms with Gasteiger partial charge in [-0.25, -0.2) is 0 Å². The molecule has 1 atom stereocenters. The number of carbonyl (C=O) groups is 1. The summed E-state index contributed by atoms with van der Waals surface area (Å²) in [4.78, 5) is 11.6. The van der Waals surface area contributed by atoms with E-state index in [1.807, 2.05) is 11.8 Å². The molecule has 5 heteroatoms. The van der Waals surface area contributed by atoms with Gasteiger partial charge in [-0.1, -0.05) is 0 Å². The van der Waals surface area contributed by atoms with Crippen LogP contribution in [0.4, 0.5) is 0 Å². The van der Waals surface area contributed by atoms with Gasteiger partial charge in [-0.2, -0.15) is 11.8 Å². The molecule has 1 fully saturated rings. The predicted molar refractivity (Wildman–Crippen MR) is 68.9 cm³/mol. The Morgan fingerprint density at radius 2 is 2.40 bits per heavy atom. The lowest BCUT2D eigenvalue weighted by Crippen LogP contribution is -2.40. The highest BCUT2D eigenvalue weighted by Crippen LogP contribution is 2.09. The molecule has 0 aromatic carbocycles. The largest absolute Gasteiger partial charge is 0.356 e. The van der Waals surface area contributed by atoms with Gasteiger partial charge in [-0.3, -0.25) is 4.79 Å². The molecule has 1 aliphatic rings. The van der Waals surface area contributed by atoms with Crippen molar-refractivity contribution in [1.29, 1.82) is 0 Å². The van der Waals surface area contributed by atoms with Crippen molar-refractivity contribution in [3.05, 3.63) is 0 Å². The average Bonchev–Trinajstić information content (AvgIpc) is 2.25. The molecular formula is C10H21ClN2OS. The predicted octanol–water partition coefficient (Wildman–Crippen LogP) is 1.28. The number of nitrogens with one attached hydrogen (secondary N) is 2. The number of rotatable bonds is 5. The van der Waals surface area contributed by atoms with Gasteiger partial charge in [0.25, 0.3) is 0 Å². The summed E-state index contributed by atoms with van der Waals surface area (Å²) in [5.74, 6) is 1.57. The lowest BCUT2D eigenvalue weighted by Gasteiger charge is -2.21. The van der Waals surface area contributed by atoms with Crippen LogP contribution >= 0.6 is 24.2 Å². The zero-order valence-corrected chi connectivity index (χ0v) is 10.9. The maximum Gasteiger partial charge on any atom is 0.224 e. The Morgan fingerprint density at radius 1 is 1.60 bits per heavy atom. The van der Waals surface area contributed by atoms with Gasteiger partial charge in [-0.15, -0.1) is 12.4 Å². The van der Waals surface area contributed by atoms with Crippen molar-refractivity contribution >= 4 is 30.1 Å². The fourth-order valence-corrected chi connectivity index (χ4v) is 2.08. The van der Waals surface area contributed by atoms with Crippen LogP contribution in [-0.4, -0.2) is 37.6 Å². The number of carbonyl (C=O) groups excluding carboxylic acids is 1. The molecule has 90 valence electrons. The lowest BCUT2D eigenvalue weighted by atomic mass is 9.99. The molecule has 0 aliphatic carbocycles. The van der Waals surface area contributed by atoms with Gasteiger partial charge in [0.05, 0.1) is 5.92 Å². The van der Waals surface area contributed by atoms with E-state index in [0.29, 0.717) is 0 Å². The first kappa shape index (κ1) is 15.1. The molecule has 0 radical (unpaired) electrons. The number of amides is 1. The minimum absolute atomic E-state index is 0. The summed E-state index contributed by atoms with van der Waals surface area (Å²) in [6, 6.07) is 0. The van der Waals surface area contributed by atoms with Gasteiger partial charge in [0, 0.05) is 13.1 Å². The van der Waals surface area contributed by atoms with Crippen molar-refractivity contribution < 1.29 is 4.79 Å². The summed E-state index contributed by atoms with van der Waals surface area (Å²) in [7, 11) is 0.